The molecule has 0 radical (unpaired) electrons. The van der Waals surface area contributed by atoms with Gasteiger partial charge in [0, 0.05) is 45.8 Å². The monoisotopic (exact) mass is 624 g/mol. The van der Waals surface area contributed by atoms with E-state index in [-0.39, 0.29) is 41.9 Å². The van der Waals surface area contributed by atoms with Crippen molar-refractivity contribution in [3.63, 3.8) is 0 Å². The lowest BCUT2D eigenvalue weighted by Crippen LogP contribution is -2.57. The molecule has 1 aromatic heterocycles. The third kappa shape index (κ3) is 7.37. The van der Waals surface area contributed by atoms with Crippen LogP contribution >= 0.6 is 11.6 Å². The highest BCUT2D eigenvalue weighted by molar-refractivity contribution is 6.32. The fourth-order valence-electron chi connectivity index (χ4n) is 5.95. The van der Waals surface area contributed by atoms with Gasteiger partial charge in [0.15, 0.2) is 0 Å². The van der Waals surface area contributed by atoms with Crippen LogP contribution in [0.25, 0.3) is 0 Å². The largest absolute Gasteiger partial charge is 0.491 e. The number of aliphatic hydroxyl groups is 1. The van der Waals surface area contributed by atoms with E-state index in [0.717, 1.165) is 55.2 Å². The van der Waals surface area contributed by atoms with Gasteiger partial charge in [-0.25, -0.2) is 4.98 Å². The molecular formula is C31H40ClF3N4O4. The lowest BCUT2D eigenvalue weighted by Gasteiger charge is -2.40. The zero-order valence-electron chi connectivity index (χ0n) is 25.0. The number of hydrogen-bond donors (Lipinski definition) is 1. The molecule has 236 valence electrons. The summed E-state index contributed by atoms with van der Waals surface area (Å²) in [6.45, 7) is 5.36. The summed E-state index contributed by atoms with van der Waals surface area (Å²) >= 11 is 6.29. The first kappa shape index (κ1) is 32.9. The molecule has 3 heterocycles. The predicted octanol–water partition coefficient (Wildman–Crippen LogP) is 5.52. The van der Waals surface area contributed by atoms with E-state index < -0.39 is 23.2 Å². The topological polar surface area (TPSA) is 86.2 Å². The third-order valence-corrected chi connectivity index (χ3v) is 8.61. The van der Waals surface area contributed by atoms with E-state index in [1.807, 2.05) is 6.07 Å². The summed E-state index contributed by atoms with van der Waals surface area (Å²) in [5.41, 5.74) is -3.85. The van der Waals surface area contributed by atoms with Crippen molar-refractivity contribution in [3.8, 4) is 5.75 Å². The van der Waals surface area contributed by atoms with Crippen molar-refractivity contribution in [2.75, 3.05) is 45.2 Å². The molecule has 2 saturated heterocycles. The Kier molecular flexibility index (Phi) is 10.2. The minimum atomic E-state index is -5.20. The van der Waals surface area contributed by atoms with Gasteiger partial charge in [0.05, 0.1) is 11.7 Å². The van der Waals surface area contributed by atoms with Crippen LogP contribution in [0.4, 0.5) is 19.0 Å². The van der Waals surface area contributed by atoms with Crippen molar-refractivity contribution in [1.29, 1.82) is 0 Å². The average Bonchev–Trinajstić information content (AvgIpc) is 2.96. The van der Waals surface area contributed by atoms with E-state index in [4.69, 9.17) is 16.3 Å². The van der Waals surface area contributed by atoms with Crippen LogP contribution in [0.15, 0.2) is 36.4 Å². The summed E-state index contributed by atoms with van der Waals surface area (Å²) < 4.78 is 48.3. The Hall–Kier alpha value is -3.05. The Morgan fingerprint density at radius 2 is 1.65 bits per heavy atom. The number of halogens is 4. The van der Waals surface area contributed by atoms with E-state index >= 15 is 0 Å². The summed E-state index contributed by atoms with van der Waals surface area (Å²) in [7, 11) is 3.32. The maximum Gasteiger partial charge on any atom is 0.430 e. The van der Waals surface area contributed by atoms with Crippen molar-refractivity contribution >= 4 is 29.2 Å². The van der Waals surface area contributed by atoms with E-state index in [1.165, 1.54) is 17.0 Å². The number of alkyl halides is 3. The Bertz CT molecular complexity index is 1290. The molecule has 2 aliphatic rings. The maximum atomic E-state index is 14.3. The van der Waals surface area contributed by atoms with Crippen LogP contribution in [0.5, 0.6) is 5.75 Å². The zero-order valence-corrected chi connectivity index (χ0v) is 25.8. The van der Waals surface area contributed by atoms with Gasteiger partial charge in [-0.3, -0.25) is 9.59 Å². The number of carbonyl (C=O) groups excluding carboxylic acids is 2. The molecule has 8 nitrogen and oxygen atoms in total. The molecule has 0 unspecified atom stereocenters. The van der Waals surface area contributed by atoms with Crippen molar-refractivity contribution in [2.24, 2.45) is 11.8 Å². The quantitative estimate of drug-likeness (QED) is 0.390. The minimum Gasteiger partial charge on any atom is -0.491 e. The van der Waals surface area contributed by atoms with Crippen molar-refractivity contribution < 1.29 is 32.6 Å². The van der Waals surface area contributed by atoms with Gasteiger partial charge in [-0.2, -0.15) is 13.2 Å². The van der Waals surface area contributed by atoms with Crippen LogP contribution in [0.2, 0.25) is 5.15 Å². The zero-order chi connectivity index (χ0) is 31.5. The number of rotatable bonds is 8. The van der Waals surface area contributed by atoms with Crippen LogP contribution < -0.4 is 9.64 Å². The molecule has 12 heteroatoms. The summed E-state index contributed by atoms with van der Waals surface area (Å²) in [4.78, 5) is 34.7. The molecule has 1 aromatic carbocycles. The van der Waals surface area contributed by atoms with Crippen molar-refractivity contribution in [2.45, 2.75) is 63.8 Å². The molecule has 2 amide bonds. The van der Waals surface area contributed by atoms with Gasteiger partial charge >= 0.3 is 6.18 Å². The fourth-order valence-corrected chi connectivity index (χ4v) is 6.18. The fraction of sp³-hybridized carbons (Fsp3) is 0.581. The number of nitrogens with zero attached hydrogens (tertiary/aromatic N) is 4. The molecule has 2 fully saturated rings. The second kappa shape index (κ2) is 13.3. The lowest BCUT2D eigenvalue weighted by molar-refractivity contribution is -0.262. The Labute approximate surface area is 255 Å². The molecule has 43 heavy (non-hydrogen) atoms. The number of hydrogen-bond acceptors (Lipinski definition) is 6. The van der Waals surface area contributed by atoms with E-state index in [9.17, 15) is 27.9 Å². The summed E-state index contributed by atoms with van der Waals surface area (Å²) in [6.07, 6.45) is -1.54. The Morgan fingerprint density at radius 1 is 1.05 bits per heavy atom. The van der Waals surface area contributed by atoms with Gasteiger partial charge in [0.25, 0.3) is 17.4 Å². The van der Waals surface area contributed by atoms with Crippen molar-refractivity contribution in [1.82, 2.24) is 14.8 Å². The number of anilines is 1. The first-order valence-corrected chi connectivity index (χ1v) is 15.1. The number of amides is 2. The van der Waals surface area contributed by atoms with Crippen LogP contribution in [-0.4, -0.2) is 84.3 Å². The highest BCUT2D eigenvalue weighted by Gasteiger charge is 2.62. The Morgan fingerprint density at radius 3 is 2.19 bits per heavy atom. The number of benzene rings is 1. The predicted molar refractivity (Wildman–Crippen MR) is 158 cm³/mol. The number of likely N-dealkylation sites (tertiary alicyclic amines) is 1. The molecule has 2 aromatic rings. The number of piperidine rings is 2. The van der Waals surface area contributed by atoms with E-state index in [1.54, 1.807) is 34.0 Å². The van der Waals surface area contributed by atoms with Crippen LogP contribution in [0.3, 0.4) is 0 Å². The van der Waals surface area contributed by atoms with Crippen LogP contribution in [0, 0.1) is 11.8 Å². The molecule has 0 spiro atoms. The van der Waals surface area contributed by atoms with Gasteiger partial charge in [0.1, 0.15) is 16.7 Å². The van der Waals surface area contributed by atoms with Crippen LogP contribution in [-0.2, 0) is 10.4 Å². The van der Waals surface area contributed by atoms with E-state index in [0.29, 0.717) is 24.3 Å². The normalized spacial score (nSPS) is 18.5. The maximum absolute atomic E-state index is 14.3. The second-order valence-corrected chi connectivity index (χ2v) is 12.4. The summed E-state index contributed by atoms with van der Waals surface area (Å²) in [6, 6.07) is 8.55. The lowest BCUT2D eigenvalue weighted by atomic mass is 9.82. The first-order chi connectivity index (χ1) is 20.2. The average molecular weight is 625 g/mol. The molecule has 1 N–H and O–H groups in total. The van der Waals surface area contributed by atoms with E-state index in [2.05, 4.69) is 9.88 Å². The number of pyridine rings is 1. The van der Waals surface area contributed by atoms with Gasteiger partial charge < -0.3 is 24.5 Å². The Balaban J connectivity index is 1.32. The van der Waals surface area contributed by atoms with Gasteiger partial charge in [-0.15, -0.1) is 0 Å². The minimum absolute atomic E-state index is 0.156. The standard InChI is InChI=1S/C31H40ClF3N4O4/c1-20(2)43-24-7-5-6-23(19-24)30(42,31(33,34)35)29(41)39-16-12-22(13-17-39)18-21-10-14-38(15-11-21)26-9-8-25(27(32)36-26)28(40)37(3)4/h5-9,19-22,42H,10-18H2,1-4H3/t30-/m1/s1. The molecule has 0 saturated carbocycles. The van der Waals surface area contributed by atoms with Gasteiger partial charge in [0.2, 0.25) is 0 Å². The molecular weight excluding hydrogens is 585 g/mol. The SMILES string of the molecule is CC(C)Oc1cccc([C@@](O)(C(=O)N2CCC(CC3CCN(c4ccc(C(=O)N(C)C)c(Cl)n4)CC3)CC2)C(F)(F)F)c1. The number of ether oxygens (including phenoxy) is 1. The molecule has 0 aliphatic carbocycles. The smallest absolute Gasteiger partial charge is 0.430 e. The number of aromatic nitrogens is 1. The summed E-state index contributed by atoms with van der Waals surface area (Å²) in [5, 5.41) is 11.1. The number of carbonyl (C=O) groups is 2. The molecule has 4 rings (SSSR count). The highest BCUT2D eigenvalue weighted by atomic mass is 35.5. The second-order valence-electron chi connectivity index (χ2n) is 12.0. The van der Waals surface area contributed by atoms with Crippen LogP contribution in [0.1, 0.15) is 61.9 Å². The molecule has 1 atom stereocenters. The molecule has 2 aliphatic heterocycles. The van der Waals surface area contributed by atoms with Crippen molar-refractivity contribution in [3.05, 3.63) is 52.7 Å². The highest BCUT2D eigenvalue weighted by Crippen LogP contribution is 2.42. The van der Waals surface area contributed by atoms with Gasteiger partial charge in [-0.05, 0) is 82.1 Å². The van der Waals surface area contributed by atoms with Gasteiger partial charge in [-0.1, -0.05) is 23.7 Å². The first-order valence-electron chi connectivity index (χ1n) is 14.7. The molecule has 0 bridgehead atoms. The third-order valence-electron chi connectivity index (χ3n) is 8.32. The summed E-state index contributed by atoms with van der Waals surface area (Å²) in [5.74, 6) is 0.0599.